The highest BCUT2D eigenvalue weighted by molar-refractivity contribution is 9.10. The number of aromatic amines is 1. The third kappa shape index (κ3) is 2.04. The van der Waals surface area contributed by atoms with Crippen molar-refractivity contribution in [2.24, 2.45) is 0 Å². The monoisotopic (exact) mass is 322 g/mol. The number of benzene rings is 2. The summed E-state index contributed by atoms with van der Waals surface area (Å²) in [6.45, 7) is 1.97. The number of rotatable bonds is 1. The molecule has 2 aromatic carbocycles. The molecule has 1 N–H and O–H groups in total. The molecule has 1 aromatic heterocycles. The highest BCUT2D eigenvalue weighted by Crippen LogP contribution is 2.27. The first-order valence-corrected chi connectivity index (χ1v) is 6.46. The molecule has 3 rings (SSSR count). The fraction of sp³-hybridized carbons (Fsp3) is 0.0714. The summed E-state index contributed by atoms with van der Waals surface area (Å²) in [6.07, 6.45) is 0. The second kappa shape index (κ2) is 4.42. The van der Waals surface area contributed by atoms with Gasteiger partial charge < -0.3 is 4.98 Å². The fourth-order valence-corrected chi connectivity index (χ4v) is 2.27. The van der Waals surface area contributed by atoms with Crippen molar-refractivity contribution in [2.45, 2.75) is 6.92 Å². The fourth-order valence-electron chi connectivity index (χ4n) is 1.89. The van der Waals surface area contributed by atoms with Crippen LogP contribution in [0.1, 0.15) is 5.56 Å². The first kappa shape index (κ1) is 12.3. The maximum atomic E-state index is 13.6. The summed E-state index contributed by atoms with van der Waals surface area (Å²) in [4.78, 5) is 7.11. The molecule has 0 saturated carbocycles. The van der Waals surface area contributed by atoms with Crippen LogP contribution in [0, 0.1) is 18.6 Å². The van der Waals surface area contributed by atoms with Gasteiger partial charge in [0.15, 0.2) is 11.6 Å². The van der Waals surface area contributed by atoms with Crippen LogP contribution in [0.15, 0.2) is 34.8 Å². The van der Waals surface area contributed by atoms with Crippen molar-refractivity contribution in [1.82, 2.24) is 9.97 Å². The van der Waals surface area contributed by atoms with E-state index in [1.807, 2.05) is 25.1 Å². The Balaban J connectivity index is 2.20. The quantitative estimate of drug-likeness (QED) is 0.698. The Labute approximate surface area is 116 Å². The van der Waals surface area contributed by atoms with Gasteiger partial charge in [0.05, 0.1) is 5.52 Å². The molecule has 0 amide bonds. The van der Waals surface area contributed by atoms with Crippen LogP contribution in [0.3, 0.4) is 0 Å². The van der Waals surface area contributed by atoms with Gasteiger partial charge in [-0.2, -0.15) is 0 Å². The summed E-state index contributed by atoms with van der Waals surface area (Å²) in [6, 6.07) is 8.27. The number of H-pyrrole nitrogens is 1. The van der Waals surface area contributed by atoms with Gasteiger partial charge in [-0.05, 0) is 30.7 Å². The van der Waals surface area contributed by atoms with Gasteiger partial charge in [-0.15, -0.1) is 0 Å². The van der Waals surface area contributed by atoms with Crippen LogP contribution >= 0.6 is 15.9 Å². The summed E-state index contributed by atoms with van der Waals surface area (Å²) < 4.78 is 27.7. The van der Waals surface area contributed by atoms with E-state index in [9.17, 15) is 8.78 Å². The molecule has 96 valence electrons. The molecule has 0 saturated heterocycles. The summed E-state index contributed by atoms with van der Waals surface area (Å²) >= 11 is 3.44. The summed E-state index contributed by atoms with van der Waals surface area (Å²) in [5.41, 5.74) is 2.41. The Morgan fingerprint density at radius 2 is 1.95 bits per heavy atom. The van der Waals surface area contributed by atoms with Gasteiger partial charge in [-0.1, -0.05) is 28.1 Å². The van der Waals surface area contributed by atoms with E-state index in [0.29, 0.717) is 11.3 Å². The van der Waals surface area contributed by atoms with Gasteiger partial charge in [-0.3, -0.25) is 0 Å². The summed E-state index contributed by atoms with van der Waals surface area (Å²) in [5.74, 6) is -1.30. The maximum Gasteiger partial charge on any atom is 0.186 e. The van der Waals surface area contributed by atoms with Gasteiger partial charge >= 0.3 is 0 Å². The van der Waals surface area contributed by atoms with E-state index in [1.165, 1.54) is 6.07 Å². The van der Waals surface area contributed by atoms with E-state index in [0.717, 1.165) is 21.7 Å². The number of aryl methyl sites for hydroxylation is 1. The molecule has 5 heteroatoms. The molecule has 0 aliphatic carbocycles. The number of hydrogen-bond donors (Lipinski definition) is 1. The molecule has 2 nitrogen and oxygen atoms in total. The minimum atomic E-state index is -0.925. The molecule has 0 aliphatic heterocycles. The average Bonchev–Trinajstić information content (AvgIpc) is 2.82. The van der Waals surface area contributed by atoms with Gasteiger partial charge in [0, 0.05) is 10.0 Å². The molecule has 0 unspecified atom stereocenters. The lowest BCUT2D eigenvalue weighted by molar-refractivity contribution is 0.515. The predicted octanol–water partition coefficient (Wildman–Crippen LogP) is 4.58. The highest BCUT2D eigenvalue weighted by atomic mass is 79.9. The molecule has 1 heterocycles. The highest BCUT2D eigenvalue weighted by Gasteiger charge is 2.13. The van der Waals surface area contributed by atoms with E-state index < -0.39 is 11.6 Å². The smallest absolute Gasteiger partial charge is 0.186 e. The molecule has 0 radical (unpaired) electrons. The number of fused-ring (bicyclic) bond motifs is 1. The standard InChI is InChI=1S/C14H9BrF2N2/c1-7-2-3-8(6-9(7)15)14-18-11-5-4-10(16)12(17)13(11)19-14/h2-6H,1H3,(H,18,19). The molecule has 0 aliphatic rings. The van der Waals surface area contributed by atoms with E-state index >= 15 is 0 Å². The zero-order valence-electron chi connectivity index (χ0n) is 9.97. The molecule has 0 spiro atoms. The van der Waals surface area contributed by atoms with Crippen LogP contribution in [0.25, 0.3) is 22.4 Å². The second-order valence-corrected chi connectivity index (χ2v) is 5.16. The predicted molar refractivity (Wildman–Crippen MR) is 73.9 cm³/mol. The Morgan fingerprint density at radius 1 is 1.16 bits per heavy atom. The van der Waals surface area contributed by atoms with Crippen LogP contribution in [0.4, 0.5) is 8.78 Å². The Morgan fingerprint density at radius 3 is 2.68 bits per heavy atom. The van der Waals surface area contributed by atoms with E-state index in [1.54, 1.807) is 0 Å². The minimum absolute atomic E-state index is 0.0201. The topological polar surface area (TPSA) is 28.7 Å². The first-order valence-electron chi connectivity index (χ1n) is 5.66. The van der Waals surface area contributed by atoms with Crippen molar-refractivity contribution in [2.75, 3.05) is 0 Å². The van der Waals surface area contributed by atoms with Crippen LogP contribution < -0.4 is 0 Å². The summed E-state index contributed by atoms with van der Waals surface area (Å²) in [7, 11) is 0. The molecule has 0 fully saturated rings. The van der Waals surface area contributed by atoms with Crippen molar-refractivity contribution < 1.29 is 8.78 Å². The molecular formula is C14H9BrF2N2. The maximum absolute atomic E-state index is 13.6. The van der Waals surface area contributed by atoms with Crippen molar-refractivity contribution in [3.05, 3.63) is 52.0 Å². The van der Waals surface area contributed by atoms with Gasteiger partial charge in [0.2, 0.25) is 0 Å². The zero-order valence-corrected chi connectivity index (χ0v) is 11.6. The first-order chi connectivity index (χ1) is 9.06. The normalized spacial score (nSPS) is 11.2. The van der Waals surface area contributed by atoms with Crippen molar-refractivity contribution in [1.29, 1.82) is 0 Å². The molecule has 19 heavy (non-hydrogen) atoms. The average molecular weight is 323 g/mol. The van der Waals surface area contributed by atoms with Crippen molar-refractivity contribution >= 4 is 27.0 Å². The van der Waals surface area contributed by atoms with E-state index in [-0.39, 0.29) is 5.52 Å². The van der Waals surface area contributed by atoms with Gasteiger partial charge in [0.1, 0.15) is 11.3 Å². The molecule has 0 bridgehead atoms. The zero-order chi connectivity index (χ0) is 13.6. The Hall–Kier alpha value is -1.75. The van der Waals surface area contributed by atoms with E-state index in [4.69, 9.17) is 0 Å². The van der Waals surface area contributed by atoms with E-state index in [2.05, 4.69) is 25.9 Å². The largest absolute Gasteiger partial charge is 0.338 e. The Bertz CT molecular complexity index is 780. The third-order valence-electron chi connectivity index (χ3n) is 2.99. The number of imidazole rings is 1. The Kier molecular flexibility index (Phi) is 2.86. The lowest BCUT2D eigenvalue weighted by Gasteiger charge is -2.00. The van der Waals surface area contributed by atoms with Crippen LogP contribution in [-0.4, -0.2) is 9.97 Å². The lowest BCUT2D eigenvalue weighted by Crippen LogP contribution is -1.84. The van der Waals surface area contributed by atoms with Crippen LogP contribution in [0.2, 0.25) is 0 Å². The minimum Gasteiger partial charge on any atom is -0.338 e. The summed E-state index contributed by atoms with van der Waals surface area (Å²) in [5, 5.41) is 0. The van der Waals surface area contributed by atoms with Gasteiger partial charge in [0.25, 0.3) is 0 Å². The second-order valence-electron chi connectivity index (χ2n) is 4.31. The van der Waals surface area contributed by atoms with Crippen LogP contribution in [0.5, 0.6) is 0 Å². The number of nitrogens with one attached hydrogen (secondary N) is 1. The third-order valence-corrected chi connectivity index (χ3v) is 3.85. The molecule has 0 atom stereocenters. The van der Waals surface area contributed by atoms with Crippen molar-refractivity contribution in [3.8, 4) is 11.4 Å². The van der Waals surface area contributed by atoms with Gasteiger partial charge in [-0.25, -0.2) is 13.8 Å². The molecule has 3 aromatic rings. The molecular weight excluding hydrogens is 314 g/mol. The lowest BCUT2D eigenvalue weighted by atomic mass is 10.1. The number of nitrogens with zero attached hydrogens (tertiary/aromatic N) is 1. The number of halogens is 3. The van der Waals surface area contributed by atoms with Crippen LogP contribution in [-0.2, 0) is 0 Å². The SMILES string of the molecule is Cc1ccc(-c2nc3c(F)c(F)ccc3[nH]2)cc1Br. The number of hydrogen-bond acceptors (Lipinski definition) is 1. The van der Waals surface area contributed by atoms with Crippen molar-refractivity contribution in [3.63, 3.8) is 0 Å². The number of aromatic nitrogens is 2.